The standard InChI is InChI=1S/C28H55N3O4/c1-7-8-9-10-11-12-13-14-15-16-17-18-19-20-21-23(22-24(32)30-35)26(33)29-25(28(2,3)4)27(34)31(5)6/h23,25,35H,7-22H2,1-6H3,(H,29,33)(H,30,32)/t23?,25-/m1/s1. The minimum absolute atomic E-state index is 0.0895. The summed E-state index contributed by atoms with van der Waals surface area (Å²) in [5, 5.41) is 11.8. The molecule has 0 aromatic rings. The molecule has 0 aliphatic carbocycles. The smallest absolute Gasteiger partial charge is 0.245 e. The van der Waals surface area contributed by atoms with Crippen LogP contribution in [-0.2, 0) is 14.4 Å². The quantitative estimate of drug-likeness (QED) is 0.109. The molecule has 0 spiro atoms. The third kappa shape index (κ3) is 16.6. The molecule has 35 heavy (non-hydrogen) atoms. The van der Waals surface area contributed by atoms with E-state index in [-0.39, 0.29) is 18.2 Å². The van der Waals surface area contributed by atoms with Gasteiger partial charge in [-0.15, -0.1) is 0 Å². The molecule has 0 aromatic carbocycles. The van der Waals surface area contributed by atoms with E-state index in [9.17, 15) is 14.4 Å². The van der Waals surface area contributed by atoms with Crippen LogP contribution in [0.4, 0.5) is 0 Å². The van der Waals surface area contributed by atoms with Crippen LogP contribution in [0.25, 0.3) is 0 Å². The highest BCUT2D eigenvalue weighted by Crippen LogP contribution is 2.23. The summed E-state index contributed by atoms with van der Waals surface area (Å²) in [7, 11) is 3.33. The van der Waals surface area contributed by atoms with E-state index in [2.05, 4.69) is 12.2 Å². The van der Waals surface area contributed by atoms with Gasteiger partial charge in [-0.2, -0.15) is 0 Å². The number of hydrogen-bond donors (Lipinski definition) is 3. The average Bonchev–Trinajstić information content (AvgIpc) is 2.80. The fourth-order valence-electron chi connectivity index (χ4n) is 4.35. The van der Waals surface area contributed by atoms with Crippen molar-refractivity contribution in [2.75, 3.05) is 14.1 Å². The Morgan fingerprint density at radius 3 is 1.57 bits per heavy atom. The lowest BCUT2D eigenvalue weighted by atomic mass is 9.85. The fraction of sp³-hybridized carbons (Fsp3) is 0.893. The van der Waals surface area contributed by atoms with Gasteiger partial charge in [0.25, 0.3) is 0 Å². The van der Waals surface area contributed by atoms with Gasteiger partial charge in [-0.1, -0.05) is 118 Å². The largest absolute Gasteiger partial charge is 0.347 e. The maximum absolute atomic E-state index is 13.0. The Bertz CT molecular complexity index is 587. The van der Waals surface area contributed by atoms with Crippen LogP contribution in [0.1, 0.15) is 130 Å². The number of amides is 3. The minimum Gasteiger partial charge on any atom is -0.347 e. The van der Waals surface area contributed by atoms with Gasteiger partial charge in [0.05, 0.1) is 0 Å². The Balaban J connectivity index is 4.35. The van der Waals surface area contributed by atoms with Crippen molar-refractivity contribution < 1.29 is 19.6 Å². The number of carbonyl (C=O) groups is 3. The molecular formula is C28H55N3O4. The molecule has 7 heteroatoms. The van der Waals surface area contributed by atoms with Crippen molar-refractivity contribution in [3.05, 3.63) is 0 Å². The lowest BCUT2D eigenvalue weighted by Crippen LogP contribution is -2.54. The molecule has 1 unspecified atom stereocenters. The van der Waals surface area contributed by atoms with Gasteiger partial charge in [0.2, 0.25) is 17.7 Å². The topological polar surface area (TPSA) is 98.7 Å². The summed E-state index contributed by atoms with van der Waals surface area (Å²) >= 11 is 0. The average molecular weight is 498 g/mol. The Morgan fingerprint density at radius 1 is 0.771 bits per heavy atom. The summed E-state index contributed by atoms with van der Waals surface area (Å²) in [6.07, 6.45) is 18.1. The molecule has 3 amide bonds. The Labute approximate surface area is 215 Å². The van der Waals surface area contributed by atoms with Gasteiger partial charge in [0.15, 0.2) is 0 Å². The second-order valence-corrected chi connectivity index (χ2v) is 11.4. The number of nitrogens with zero attached hydrogens (tertiary/aromatic N) is 1. The van der Waals surface area contributed by atoms with Crippen molar-refractivity contribution in [3.63, 3.8) is 0 Å². The monoisotopic (exact) mass is 497 g/mol. The zero-order valence-electron chi connectivity index (χ0n) is 23.6. The summed E-state index contributed by atoms with van der Waals surface area (Å²) in [6, 6.07) is -0.680. The van der Waals surface area contributed by atoms with Crippen molar-refractivity contribution in [1.82, 2.24) is 15.7 Å². The van der Waals surface area contributed by atoms with Crippen LogP contribution in [-0.4, -0.2) is 48.0 Å². The van der Waals surface area contributed by atoms with Crippen LogP contribution >= 0.6 is 0 Å². The Morgan fingerprint density at radius 2 is 1.20 bits per heavy atom. The zero-order chi connectivity index (χ0) is 26.7. The number of nitrogens with one attached hydrogen (secondary N) is 2. The lowest BCUT2D eigenvalue weighted by molar-refractivity contribution is -0.140. The summed E-state index contributed by atoms with van der Waals surface area (Å²) in [6.45, 7) is 7.97. The van der Waals surface area contributed by atoms with Crippen LogP contribution in [0, 0.1) is 11.3 Å². The third-order valence-electron chi connectivity index (χ3n) is 6.67. The summed E-state index contributed by atoms with van der Waals surface area (Å²) in [5.41, 5.74) is 1.17. The molecule has 0 aliphatic rings. The van der Waals surface area contributed by atoms with Gasteiger partial charge in [-0.05, 0) is 11.8 Å². The van der Waals surface area contributed by atoms with E-state index in [4.69, 9.17) is 5.21 Å². The lowest BCUT2D eigenvalue weighted by Gasteiger charge is -2.33. The highest BCUT2D eigenvalue weighted by atomic mass is 16.5. The van der Waals surface area contributed by atoms with E-state index in [1.807, 2.05) is 20.8 Å². The van der Waals surface area contributed by atoms with Crippen molar-refractivity contribution in [3.8, 4) is 0 Å². The molecule has 0 saturated heterocycles. The summed E-state index contributed by atoms with van der Waals surface area (Å²) in [4.78, 5) is 38.9. The zero-order valence-corrected chi connectivity index (χ0v) is 23.6. The van der Waals surface area contributed by atoms with Crippen molar-refractivity contribution in [2.24, 2.45) is 11.3 Å². The number of likely N-dealkylation sites (N-methyl/N-ethyl adjacent to an activating group) is 1. The first-order valence-corrected chi connectivity index (χ1v) is 14.0. The molecule has 0 saturated carbocycles. The van der Waals surface area contributed by atoms with Gasteiger partial charge >= 0.3 is 0 Å². The molecule has 3 N–H and O–H groups in total. The van der Waals surface area contributed by atoms with Crippen LogP contribution in [0.2, 0.25) is 0 Å². The van der Waals surface area contributed by atoms with Crippen LogP contribution in [0.15, 0.2) is 0 Å². The third-order valence-corrected chi connectivity index (χ3v) is 6.67. The normalized spacial score (nSPS) is 13.2. The van der Waals surface area contributed by atoms with Crippen molar-refractivity contribution in [1.29, 1.82) is 0 Å². The van der Waals surface area contributed by atoms with Crippen LogP contribution < -0.4 is 10.8 Å². The highest BCUT2D eigenvalue weighted by Gasteiger charge is 2.35. The first kappa shape index (κ1) is 33.4. The predicted octanol–water partition coefficient (Wildman–Crippen LogP) is 5.99. The van der Waals surface area contributed by atoms with E-state index in [1.54, 1.807) is 19.6 Å². The van der Waals surface area contributed by atoms with E-state index in [0.717, 1.165) is 19.3 Å². The van der Waals surface area contributed by atoms with Crippen molar-refractivity contribution in [2.45, 2.75) is 136 Å². The molecule has 7 nitrogen and oxygen atoms in total. The van der Waals surface area contributed by atoms with Gasteiger partial charge in [0.1, 0.15) is 6.04 Å². The second-order valence-electron chi connectivity index (χ2n) is 11.4. The number of rotatable bonds is 20. The first-order chi connectivity index (χ1) is 16.5. The van der Waals surface area contributed by atoms with Gasteiger partial charge in [-0.3, -0.25) is 19.6 Å². The SMILES string of the molecule is CCCCCCCCCCCCCCCCC(CC(=O)NO)C(=O)N[C@H](C(=O)N(C)C)C(C)(C)C. The highest BCUT2D eigenvalue weighted by molar-refractivity contribution is 5.90. The number of unbranched alkanes of at least 4 members (excludes halogenated alkanes) is 13. The maximum atomic E-state index is 13.0. The van der Waals surface area contributed by atoms with E-state index in [1.165, 1.54) is 75.5 Å². The predicted molar refractivity (Wildman–Crippen MR) is 143 cm³/mol. The van der Waals surface area contributed by atoms with Crippen LogP contribution in [0.5, 0.6) is 0 Å². The molecule has 0 fully saturated rings. The molecular weight excluding hydrogens is 442 g/mol. The Kier molecular flexibility index (Phi) is 18.6. The number of carbonyl (C=O) groups excluding carboxylic acids is 3. The van der Waals surface area contributed by atoms with Gasteiger partial charge in [0, 0.05) is 26.4 Å². The number of hydroxylamine groups is 1. The van der Waals surface area contributed by atoms with Crippen LogP contribution in [0.3, 0.4) is 0 Å². The second kappa shape index (κ2) is 19.5. The molecule has 0 rings (SSSR count). The summed E-state index contributed by atoms with van der Waals surface area (Å²) < 4.78 is 0. The number of hydrogen-bond acceptors (Lipinski definition) is 4. The first-order valence-electron chi connectivity index (χ1n) is 14.0. The van der Waals surface area contributed by atoms with E-state index in [0.29, 0.717) is 6.42 Å². The minimum atomic E-state index is -0.680. The van der Waals surface area contributed by atoms with E-state index >= 15 is 0 Å². The van der Waals surface area contributed by atoms with Gasteiger partial charge in [-0.25, -0.2) is 5.48 Å². The fourth-order valence-corrected chi connectivity index (χ4v) is 4.35. The van der Waals surface area contributed by atoms with Gasteiger partial charge < -0.3 is 10.2 Å². The summed E-state index contributed by atoms with van der Waals surface area (Å²) in [5.74, 6) is -1.63. The van der Waals surface area contributed by atoms with E-state index < -0.39 is 23.3 Å². The maximum Gasteiger partial charge on any atom is 0.245 e. The molecule has 0 bridgehead atoms. The molecule has 0 aliphatic heterocycles. The molecule has 2 atom stereocenters. The van der Waals surface area contributed by atoms with Crippen molar-refractivity contribution >= 4 is 17.7 Å². The molecule has 0 radical (unpaired) electrons. The molecule has 0 heterocycles. The molecule has 0 aromatic heterocycles. The Hall–Kier alpha value is -1.63. The molecule has 206 valence electrons.